The first-order chi connectivity index (χ1) is 5.18. The second-order valence-corrected chi connectivity index (χ2v) is 2.79. The SMILES string of the molecule is NC(=O)Oc1ccc(Br)cc1. The molecule has 2 N–H and O–H groups in total. The van der Waals surface area contributed by atoms with E-state index in [1.807, 2.05) is 0 Å². The molecular weight excluding hydrogens is 210 g/mol. The van der Waals surface area contributed by atoms with E-state index in [0.717, 1.165) is 4.47 Å². The summed E-state index contributed by atoms with van der Waals surface area (Å²) >= 11 is 3.24. The molecule has 0 fully saturated rings. The molecule has 0 saturated carbocycles. The normalized spacial score (nSPS) is 9.18. The van der Waals surface area contributed by atoms with Gasteiger partial charge in [-0.3, -0.25) is 0 Å². The summed E-state index contributed by atoms with van der Waals surface area (Å²) in [6.07, 6.45) is -0.799. The van der Waals surface area contributed by atoms with Crippen LogP contribution in [0.25, 0.3) is 0 Å². The number of hydrogen-bond donors (Lipinski definition) is 1. The lowest BCUT2D eigenvalue weighted by Gasteiger charge is -1.98. The highest BCUT2D eigenvalue weighted by molar-refractivity contribution is 9.10. The largest absolute Gasteiger partial charge is 0.411 e. The lowest BCUT2D eigenvalue weighted by atomic mass is 10.3. The van der Waals surface area contributed by atoms with Crippen molar-refractivity contribution in [3.05, 3.63) is 28.7 Å². The van der Waals surface area contributed by atoms with Gasteiger partial charge in [-0.25, -0.2) is 4.79 Å². The maximum absolute atomic E-state index is 10.2. The molecule has 0 heterocycles. The molecule has 0 aromatic heterocycles. The van der Waals surface area contributed by atoms with E-state index in [9.17, 15) is 4.79 Å². The van der Waals surface area contributed by atoms with E-state index in [-0.39, 0.29) is 0 Å². The molecule has 3 nitrogen and oxygen atoms in total. The van der Waals surface area contributed by atoms with Crippen LogP contribution in [0.4, 0.5) is 4.79 Å². The zero-order chi connectivity index (χ0) is 8.27. The van der Waals surface area contributed by atoms with E-state index in [1.165, 1.54) is 0 Å². The van der Waals surface area contributed by atoms with Gasteiger partial charge in [0.05, 0.1) is 0 Å². The van der Waals surface area contributed by atoms with Gasteiger partial charge in [0.2, 0.25) is 0 Å². The van der Waals surface area contributed by atoms with Gasteiger partial charge in [0.25, 0.3) is 0 Å². The van der Waals surface area contributed by atoms with Crippen molar-refractivity contribution in [2.45, 2.75) is 0 Å². The predicted molar refractivity (Wildman–Crippen MR) is 44.4 cm³/mol. The van der Waals surface area contributed by atoms with Crippen molar-refractivity contribution in [1.29, 1.82) is 0 Å². The fraction of sp³-hybridized carbons (Fsp3) is 0. The Kier molecular flexibility index (Phi) is 2.48. The van der Waals surface area contributed by atoms with Crippen LogP contribution in [-0.2, 0) is 0 Å². The second-order valence-electron chi connectivity index (χ2n) is 1.88. The first-order valence-corrected chi connectivity index (χ1v) is 3.70. The highest BCUT2D eigenvalue weighted by Crippen LogP contribution is 2.15. The first kappa shape index (κ1) is 8.07. The molecule has 0 bridgehead atoms. The number of rotatable bonds is 1. The molecule has 1 amide bonds. The van der Waals surface area contributed by atoms with E-state index in [1.54, 1.807) is 24.3 Å². The predicted octanol–water partition coefficient (Wildman–Crippen LogP) is 1.91. The van der Waals surface area contributed by atoms with E-state index in [2.05, 4.69) is 20.7 Å². The topological polar surface area (TPSA) is 52.3 Å². The zero-order valence-corrected chi connectivity index (χ0v) is 7.17. The molecule has 0 spiro atoms. The number of benzene rings is 1. The van der Waals surface area contributed by atoms with Crippen LogP contribution in [-0.4, -0.2) is 6.09 Å². The number of ether oxygens (including phenoxy) is 1. The van der Waals surface area contributed by atoms with Crippen molar-refractivity contribution >= 4 is 22.0 Å². The summed E-state index contributed by atoms with van der Waals surface area (Å²) in [5.41, 5.74) is 4.79. The molecule has 0 unspecified atom stereocenters. The Balaban J connectivity index is 2.74. The standard InChI is InChI=1S/C7H6BrNO2/c8-5-1-3-6(4-2-5)11-7(9)10/h1-4H,(H2,9,10). The minimum atomic E-state index is -0.799. The summed E-state index contributed by atoms with van der Waals surface area (Å²) in [5, 5.41) is 0. The molecule has 4 heteroatoms. The Hall–Kier alpha value is -1.03. The van der Waals surface area contributed by atoms with Crippen molar-refractivity contribution in [2.75, 3.05) is 0 Å². The summed E-state index contributed by atoms with van der Waals surface area (Å²) in [6, 6.07) is 6.82. The molecule has 0 saturated heterocycles. The summed E-state index contributed by atoms with van der Waals surface area (Å²) in [6.45, 7) is 0. The minimum absolute atomic E-state index is 0.445. The number of carbonyl (C=O) groups excluding carboxylic acids is 1. The molecule has 1 aromatic carbocycles. The third kappa shape index (κ3) is 2.59. The van der Waals surface area contributed by atoms with E-state index >= 15 is 0 Å². The van der Waals surface area contributed by atoms with Crippen molar-refractivity contribution in [1.82, 2.24) is 0 Å². The Labute approximate surface area is 72.3 Å². The smallest absolute Gasteiger partial charge is 0.409 e. The number of carbonyl (C=O) groups is 1. The van der Waals surface area contributed by atoms with Gasteiger partial charge in [0, 0.05) is 4.47 Å². The van der Waals surface area contributed by atoms with Gasteiger partial charge in [0.1, 0.15) is 5.75 Å². The van der Waals surface area contributed by atoms with Gasteiger partial charge in [-0.05, 0) is 24.3 Å². The number of primary amides is 1. The Morgan fingerprint density at radius 3 is 2.36 bits per heavy atom. The van der Waals surface area contributed by atoms with Crippen LogP contribution in [0.2, 0.25) is 0 Å². The molecule has 0 aliphatic heterocycles. The quantitative estimate of drug-likeness (QED) is 0.779. The van der Waals surface area contributed by atoms with Crippen LogP contribution in [0, 0.1) is 0 Å². The van der Waals surface area contributed by atoms with Crippen LogP contribution in [0.3, 0.4) is 0 Å². The van der Waals surface area contributed by atoms with Gasteiger partial charge >= 0.3 is 6.09 Å². The number of amides is 1. The van der Waals surface area contributed by atoms with Crippen molar-refractivity contribution < 1.29 is 9.53 Å². The molecule has 1 aromatic rings. The van der Waals surface area contributed by atoms with Crippen molar-refractivity contribution in [3.8, 4) is 5.75 Å². The summed E-state index contributed by atoms with van der Waals surface area (Å²) < 4.78 is 5.51. The van der Waals surface area contributed by atoms with Crippen LogP contribution >= 0.6 is 15.9 Å². The number of hydrogen-bond acceptors (Lipinski definition) is 2. The highest BCUT2D eigenvalue weighted by Gasteiger charge is 1.96. The Morgan fingerprint density at radius 1 is 1.36 bits per heavy atom. The molecule has 0 atom stereocenters. The summed E-state index contributed by atoms with van der Waals surface area (Å²) in [7, 11) is 0. The van der Waals surface area contributed by atoms with Gasteiger partial charge in [0.15, 0.2) is 0 Å². The van der Waals surface area contributed by atoms with Gasteiger partial charge < -0.3 is 10.5 Å². The Bertz CT molecular complexity index is 258. The summed E-state index contributed by atoms with van der Waals surface area (Å²) in [4.78, 5) is 10.2. The van der Waals surface area contributed by atoms with Crippen LogP contribution in [0.15, 0.2) is 28.7 Å². The summed E-state index contributed by atoms with van der Waals surface area (Å²) in [5.74, 6) is 0.445. The average Bonchev–Trinajstić information content (AvgIpc) is 1.93. The first-order valence-electron chi connectivity index (χ1n) is 2.91. The third-order valence-electron chi connectivity index (χ3n) is 1.03. The zero-order valence-electron chi connectivity index (χ0n) is 5.58. The van der Waals surface area contributed by atoms with Crippen LogP contribution in [0.5, 0.6) is 5.75 Å². The monoisotopic (exact) mass is 215 g/mol. The molecule has 0 aliphatic carbocycles. The molecular formula is C7H6BrNO2. The van der Waals surface area contributed by atoms with E-state index in [0.29, 0.717) is 5.75 Å². The maximum atomic E-state index is 10.2. The fourth-order valence-electron chi connectivity index (χ4n) is 0.619. The average molecular weight is 216 g/mol. The molecule has 58 valence electrons. The number of halogens is 1. The van der Waals surface area contributed by atoms with Crippen LogP contribution < -0.4 is 10.5 Å². The van der Waals surface area contributed by atoms with Crippen molar-refractivity contribution in [2.24, 2.45) is 5.73 Å². The fourth-order valence-corrected chi connectivity index (χ4v) is 0.883. The lowest BCUT2D eigenvalue weighted by molar-refractivity contribution is 0.211. The molecule has 1 rings (SSSR count). The van der Waals surface area contributed by atoms with Crippen LogP contribution in [0.1, 0.15) is 0 Å². The Morgan fingerprint density at radius 2 is 1.91 bits per heavy atom. The van der Waals surface area contributed by atoms with Gasteiger partial charge in [-0.2, -0.15) is 0 Å². The van der Waals surface area contributed by atoms with E-state index < -0.39 is 6.09 Å². The molecule has 0 radical (unpaired) electrons. The van der Waals surface area contributed by atoms with Gasteiger partial charge in [-0.15, -0.1) is 0 Å². The third-order valence-corrected chi connectivity index (χ3v) is 1.56. The minimum Gasteiger partial charge on any atom is -0.411 e. The van der Waals surface area contributed by atoms with E-state index in [4.69, 9.17) is 5.73 Å². The lowest BCUT2D eigenvalue weighted by Crippen LogP contribution is -2.15. The molecule has 0 aliphatic rings. The molecule has 11 heavy (non-hydrogen) atoms. The number of nitrogens with two attached hydrogens (primary N) is 1. The highest BCUT2D eigenvalue weighted by atomic mass is 79.9. The second kappa shape index (κ2) is 3.39. The van der Waals surface area contributed by atoms with Gasteiger partial charge in [-0.1, -0.05) is 15.9 Å². The van der Waals surface area contributed by atoms with Crippen molar-refractivity contribution in [3.63, 3.8) is 0 Å². The maximum Gasteiger partial charge on any atom is 0.409 e.